The lowest BCUT2D eigenvalue weighted by atomic mass is 9.91. The van der Waals surface area contributed by atoms with Gasteiger partial charge in [-0.2, -0.15) is 13.2 Å². The molecule has 2 fully saturated rings. The second-order valence-corrected chi connectivity index (χ2v) is 8.15. The van der Waals surface area contributed by atoms with Gasteiger partial charge in [0.2, 0.25) is 0 Å². The fourth-order valence-corrected chi connectivity index (χ4v) is 4.40. The van der Waals surface area contributed by atoms with Crippen molar-refractivity contribution in [3.05, 3.63) is 59.7 Å². The van der Waals surface area contributed by atoms with E-state index in [0.717, 1.165) is 18.1 Å². The first-order valence-electron chi connectivity index (χ1n) is 10.1. The zero-order chi connectivity index (χ0) is 19.7. The molecule has 28 heavy (non-hydrogen) atoms. The van der Waals surface area contributed by atoms with Crippen LogP contribution in [0.5, 0.6) is 0 Å². The zero-order valence-corrected chi connectivity index (χ0v) is 16.1. The SMILES string of the molecule is CNC1CCC(N[C@@H]2C[C@H]2c2ccc(-c3cccc(C(F)(F)F)c3)cc2)CC1. The maximum Gasteiger partial charge on any atom is 0.416 e. The van der Waals surface area contributed by atoms with Crippen molar-refractivity contribution < 1.29 is 13.2 Å². The number of hydrogen-bond donors (Lipinski definition) is 2. The van der Waals surface area contributed by atoms with Gasteiger partial charge in [0.15, 0.2) is 0 Å². The highest BCUT2D eigenvalue weighted by atomic mass is 19.4. The van der Waals surface area contributed by atoms with Crippen LogP contribution in [0, 0.1) is 0 Å². The van der Waals surface area contributed by atoms with E-state index in [1.165, 1.54) is 43.4 Å². The molecule has 0 saturated heterocycles. The monoisotopic (exact) mass is 388 g/mol. The quantitative estimate of drug-likeness (QED) is 0.722. The molecular formula is C23H27F3N2. The highest BCUT2D eigenvalue weighted by molar-refractivity contribution is 5.65. The molecule has 2 saturated carbocycles. The van der Waals surface area contributed by atoms with Gasteiger partial charge in [0, 0.05) is 24.0 Å². The van der Waals surface area contributed by atoms with Crippen LogP contribution in [0.3, 0.4) is 0 Å². The Morgan fingerprint density at radius 1 is 0.857 bits per heavy atom. The molecule has 2 N–H and O–H groups in total. The molecule has 4 rings (SSSR count). The van der Waals surface area contributed by atoms with Crippen LogP contribution >= 0.6 is 0 Å². The molecule has 2 atom stereocenters. The standard InChI is InChI=1S/C23H27F3N2/c1-27-19-9-11-20(12-10-19)28-22-14-21(22)16-7-5-15(6-8-16)17-3-2-4-18(13-17)23(24,25)26/h2-8,13,19-22,27-28H,9-12,14H2,1H3/t19?,20?,21-,22+/m0/s1. The van der Waals surface area contributed by atoms with Crippen molar-refractivity contribution in [3.63, 3.8) is 0 Å². The lowest BCUT2D eigenvalue weighted by Gasteiger charge is -2.29. The van der Waals surface area contributed by atoms with Gasteiger partial charge in [-0.1, -0.05) is 36.4 Å². The Morgan fingerprint density at radius 3 is 2.18 bits per heavy atom. The van der Waals surface area contributed by atoms with E-state index in [4.69, 9.17) is 0 Å². The minimum Gasteiger partial charge on any atom is -0.317 e. The molecule has 0 radical (unpaired) electrons. The molecule has 2 aliphatic carbocycles. The van der Waals surface area contributed by atoms with Crippen LogP contribution in [-0.4, -0.2) is 25.2 Å². The van der Waals surface area contributed by atoms with Crippen LogP contribution in [0.4, 0.5) is 13.2 Å². The minimum absolute atomic E-state index is 0.526. The van der Waals surface area contributed by atoms with Crippen molar-refractivity contribution >= 4 is 0 Å². The first-order chi connectivity index (χ1) is 13.4. The smallest absolute Gasteiger partial charge is 0.317 e. The third-order valence-corrected chi connectivity index (χ3v) is 6.24. The lowest BCUT2D eigenvalue weighted by Crippen LogP contribution is -2.39. The number of nitrogens with one attached hydrogen (secondary N) is 2. The Balaban J connectivity index is 1.36. The maximum atomic E-state index is 12.9. The van der Waals surface area contributed by atoms with Crippen molar-refractivity contribution in [2.75, 3.05) is 7.05 Å². The number of rotatable bonds is 5. The largest absolute Gasteiger partial charge is 0.416 e. The van der Waals surface area contributed by atoms with Crippen molar-refractivity contribution in [1.29, 1.82) is 0 Å². The van der Waals surface area contributed by atoms with E-state index in [9.17, 15) is 13.2 Å². The van der Waals surface area contributed by atoms with Gasteiger partial charge in [-0.25, -0.2) is 0 Å². The number of alkyl halides is 3. The topological polar surface area (TPSA) is 24.1 Å². The summed E-state index contributed by atoms with van der Waals surface area (Å²) in [5, 5.41) is 7.17. The number of hydrogen-bond acceptors (Lipinski definition) is 2. The summed E-state index contributed by atoms with van der Waals surface area (Å²) >= 11 is 0. The third-order valence-electron chi connectivity index (χ3n) is 6.24. The summed E-state index contributed by atoms with van der Waals surface area (Å²) in [6, 6.07) is 15.4. The van der Waals surface area contributed by atoms with Gasteiger partial charge in [-0.3, -0.25) is 0 Å². The summed E-state index contributed by atoms with van der Waals surface area (Å²) < 4.78 is 38.8. The van der Waals surface area contributed by atoms with Crippen LogP contribution in [0.2, 0.25) is 0 Å². The van der Waals surface area contributed by atoms with Gasteiger partial charge in [0.05, 0.1) is 5.56 Å². The third kappa shape index (κ3) is 4.41. The Bertz CT molecular complexity index is 792. The van der Waals surface area contributed by atoms with Gasteiger partial charge in [-0.15, -0.1) is 0 Å². The summed E-state index contributed by atoms with van der Waals surface area (Å²) in [6.45, 7) is 0. The predicted molar refractivity (Wildman–Crippen MR) is 106 cm³/mol. The number of benzene rings is 2. The van der Waals surface area contributed by atoms with Gasteiger partial charge in [-0.05, 0) is 68.0 Å². The van der Waals surface area contributed by atoms with Crippen LogP contribution in [-0.2, 0) is 6.18 Å². The molecule has 0 unspecified atom stereocenters. The molecular weight excluding hydrogens is 361 g/mol. The van der Waals surface area contributed by atoms with E-state index >= 15 is 0 Å². The Morgan fingerprint density at radius 2 is 1.54 bits per heavy atom. The van der Waals surface area contributed by atoms with E-state index in [1.54, 1.807) is 6.07 Å². The van der Waals surface area contributed by atoms with E-state index < -0.39 is 11.7 Å². The Labute approximate surface area is 164 Å². The first kappa shape index (κ1) is 19.5. The summed E-state index contributed by atoms with van der Waals surface area (Å²) in [4.78, 5) is 0. The van der Waals surface area contributed by atoms with Gasteiger partial charge in [0.1, 0.15) is 0 Å². The van der Waals surface area contributed by atoms with Gasteiger partial charge in [0.25, 0.3) is 0 Å². The Kier molecular flexibility index (Phi) is 5.48. The van der Waals surface area contributed by atoms with E-state index in [2.05, 4.69) is 22.8 Å². The molecule has 2 aliphatic rings. The highest BCUT2D eigenvalue weighted by Crippen LogP contribution is 2.42. The lowest BCUT2D eigenvalue weighted by molar-refractivity contribution is -0.137. The number of halogens is 3. The van der Waals surface area contributed by atoms with Gasteiger partial charge >= 0.3 is 6.18 Å². The molecule has 0 bridgehead atoms. The minimum atomic E-state index is -4.31. The Hall–Kier alpha value is -1.85. The summed E-state index contributed by atoms with van der Waals surface area (Å²) in [7, 11) is 2.04. The molecule has 0 spiro atoms. The van der Waals surface area contributed by atoms with Crippen molar-refractivity contribution in [3.8, 4) is 11.1 Å². The molecule has 150 valence electrons. The molecule has 2 aromatic rings. The molecule has 0 heterocycles. The van der Waals surface area contributed by atoms with Crippen LogP contribution in [0.15, 0.2) is 48.5 Å². The second kappa shape index (κ2) is 7.88. The van der Waals surface area contributed by atoms with Crippen molar-refractivity contribution in [2.24, 2.45) is 0 Å². The summed E-state index contributed by atoms with van der Waals surface area (Å²) in [5.41, 5.74) is 2.10. The summed E-state index contributed by atoms with van der Waals surface area (Å²) in [5.74, 6) is 0.526. The molecule has 0 amide bonds. The molecule has 2 nitrogen and oxygen atoms in total. The van der Waals surface area contributed by atoms with Crippen LogP contribution < -0.4 is 10.6 Å². The fourth-order valence-electron chi connectivity index (χ4n) is 4.40. The molecule has 0 aliphatic heterocycles. The average Bonchev–Trinajstić information content (AvgIpc) is 3.47. The van der Waals surface area contributed by atoms with Crippen molar-refractivity contribution in [2.45, 2.75) is 62.3 Å². The second-order valence-electron chi connectivity index (χ2n) is 8.15. The average molecular weight is 388 g/mol. The molecule has 5 heteroatoms. The van der Waals surface area contributed by atoms with Crippen molar-refractivity contribution in [1.82, 2.24) is 10.6 Å². The predicted octanol–water partition coefficient (Wildman–Crippen LogP) is 5.35. The van der Waals surface area contributed by atoms with Crippen LogP contribution in [0.25, 0.3) is 11.1 Å². The maximum absolute atomic E-state index is 12.9. The highest BCUT2D eigenvalue weighted by Gasteiger charge is 2.39. The summed E-state index contributed by atoms with van der Waals surface area (Å²) in [6.07, 6.45) is 1.75. The van der Waals surface area contributed by atoms with Crippen LogP contribution in [0.1, 0.15) is 49.1 Å². The zero-order valence-electron chi connectivity index (χ0n) is 16.1. The van der Waals surface area contributed by atoms with E-state index in [1.807, 2.05) is 19.2 Å². The molecule has 2 aromatic carbocycles. The van der Waals surface area contributed by atoms with Gasteiger partial charge < -0.3 is 10.6 Å². The van der Waals surface area contributed by atoms with E-state index in [0.29, 0.717) is 29.6 Å². The van der Waals surface area contributed by atoms with E-state index in [-0.39, 0.29) is 0 Å². The first-order valence-corrected chi connectivity index (χ1v) is 10.1. The normalized spacial score (nSPS) is 27.6. The fraction of sp³-hybridized carbons (Fsp3) is 0.478. The molecule has 0 aromatic heterocycles.